The van der Waals surface area contributed by atoms with E-state index in [4.69, 9.17) is 0 Å². The smallest absolute Gasteiger partial charge is 0.0210 e. The maximum atomic E-state index is 3.61. The van der Waals surface area contributed by atoms with E-state index in [-0.39, 0.29) is 0 Å². The van der Waals surface area contributed by atoms with Crippen LogP contribution in [0.25, 0.3) is 0 Å². The number of benzene rings is 1. The highest BCUT2D eigenvalue weighted by molar-refractivity contribution is 5.33. The van der Waals surface area contributed by atoms with Crippen molar-refractivity contribution in [1.29, 1.82) is 0 Å². The van der Waals surface area contributed by atoms with Gasteiger partial charge in [-0.05, 0) is 76.4 Å². The van der Waals surface area contributed by atoms with Gasteiger partial charge in [0.2, 0.25) is 0 Å². The number of aryl methyl sites for hydroxylation is 2. The molecule has 2 nitrogen and oxygen atoms in total. The van der Waals surface area contributed by atoms with Crippen LogP contribution in [-0.4, -0.2) is 30.6 Å². The highest BCUT2D eigenvalue weighted by Crippen LogP contribution is 2.16. The molecule has 0 amide bonds. The van der Waals surface area contributed by atoms with Gasteiger partial charge in [-0.2, -0.15) is 0 Å². The number of hydrogen-bond donors (Lipinski definition) is 1. The van der Waals surface area contributed by atoms with Gasteiger partial charge in [-0.15, -0.1) is 0 Å². The third-order valence-corrected chi connectivity index (χ3v) is 4.69. The lowest BCUT2D eigenvalue weighted by Gasteiger charge is -2.33. The summed E-state index contributed by atoms with van der Waals surface area (Å²) in [6, 6.07) is 7.35. The van der Waals surface area contributed by atoms with Crippen LogP contribution in [0, 0.1) is 13.8 Å². The van der Waals surface area contributed by atoms with Crippen molar-refractivity contribution in [2.45, 2.75) is 59.0 Å². The van der Waals surface area contributed by atoms with E-state index in [1.54, 1.807) is 0 Å². The molecule has 1 aliphatic rings. The third-order valence-electron chi connectivity index (χ3n) is 4.69. The fourth-order valence-corrected chi connectivity index (χ4v) is 3.24. The van der Waals surface area contributed by atoms with Gasteiger partial charge in [0.25, 0.3) is 0 Å². The summed E-state index contributed by atoms with van der Waals surface area (Å²) in [6.45, 7) is 11.5. The van der Waals surface area contributed by atoms with E-state index < -0.39 is 0 Å². The average Bonchev–Trinajstić information content (AvgIpc) is 2.43. The topological polar surface area (TPSA) is 15.3 Å². The fourth-order valence-electron chi connectivity index (χ4n) is 3.24. The zero-order valence-electron chi connectivity index (χ0n) is 13.4. The normalized spacial score (nSPS) is 20.2. The molecule has 2 heteroatoms. The van der Waals surface area contributed by atoms with Crippen molar-refractivity contribution in [1.82, 2.24) is 10.2 Å². The van der Waals surface area contributed by atoms with Gasteiger partial charge in [0.05, 0.1) is 0 Å². The minimum Gasteiger partial charge on any atom is -0.313 e. The fraction of sp³-hybridized carbons (Fsp3) is 0.667. The number of rotatable bonds is 6. The Hall–Kier alpha value is -0.860. The molecule has 0 aliphatic carbocycles. The zero-order chi connectivity index (χ0) is 14.4. The molecule has 0 saturated carbocycles. The molecular formula is C18H30N2. The largest absolute Gasteiger partial charge is 0.313 e. The maximum absolute atomic E-state index is 3.61. The molecule has 0 bridgehead atoms. The first-order valence-corrected chi connectivity index (χ1v) is 8.18. The molecule has 1 unspecified atom stereocenters. The Bertz CT molecular complexity index is 394. The Labute approximate surface area is 124 Å². The van der Waals surface area contributed by atoms with Gasteiger partial charge in [0.1, 0.15) is 0 Å². The van der Waals surface area contributed by atoms with Crippen LogP contribution in [0.4, 0.5) is 0 Å². The average molecular weight is 274 g/mol. The molecule has 1 heterocycles. The SMILES string of the molecule is Cc1cccc(C)c1CNCCCN1CCCCC1C. The van der Waals surface area contributed by atoms with E-state index in [1.807, 2.05) is 0 Å². The lowest BCUT2D eigenvalue weighted by Crippen LogP contribution is -2.38. The summed E-state index contributed by atoms with van der Waals surface area (Å²) < 4.78 is 0. The zero-order valence-corrected chi connectivity index (χ0v) is 13.4. The van der Waals surface area contributed by atoms with Crippen molar-refractivity contribution in [3.8, 4) is 0 Å². The second-order valence-corrected chi connectivity index (χ2v) is 6.28. The monoisotopic (exact) mass is 274 g/mol. The Morgan fingerprint density at radius 2 is 1.95 bits per heavy atom. The van der Waals surface area contributed by atoms with Crippen LogP contribution in [-0.2, 0) is 6.54 Å². The molecule has 0 spiro atoms. The Morgan fingerprint density at radius 3 is 2.65 bits per heavy atom. The van der Waals surface area contributed by atoms with Crippen molar-refractivity contribution in [3.05, 3.63) is 34.9 Å². The first kappa shape index (κ1) is 15.5. The van der Waals surface area contributed by atoms with Crippen LogP contribution >= 0.6 is 0 Å². The summed E-state index contributed by atoms with van der Waals surface area (Å²) in [4.78, 5) is 2.66. The number of nitrogens with one attached hydrogen (secondary N) is 1. The summed E-state index contributed by atoms with van der Waals surface area (Å²) in [5.41, 5.74) is 4.28. The second-order valence-electron chi connectivity index (χ2n) is 6.28. The summed E-state index contributed by atoms with van der Waals surface area (Å²) in [6.07, 6.45) is 5.45. The van der Waals surface area contributed by atoms with Gasteiger partial charge >= 0.3 is 0 Å². The minimum absolute atomic E-state index is 0.794. The quantitative estimate of drug-likeness (QED) is 0.796. The molecule has 0 aromatic heterocycles. The molecule has 1 aliphatic heterocycles. The van der Waals surface area contributed by atoms with Gasteiger partial charge in [0, 0.05) is 12.6 Å². The number of piperidine rings is 1. The second kappa shape index (κ2) is 7.80. The number of nitrogens with zero attached hydrogens (tertiary/aromatic N) is 1. The van der Waals surface area contributed by atoms with Crippen LogP contribution in [0.5, 0.6) is 0 Å². The first-order chi connectivity index (χ1) is 9.68. The first-order valence-electron chi connectivity index (χ1n) is 8.18. The van der Waals surface area contributed by atoms with Crippen LogP contribution in [0.2, 0.25) is 0 Å². The highest BCUT2D eigenvalue weighted by atomic mass is 15.2. The van der Waals surface area contributed by atoms with Crippen LogP contribution < -0.4 is 5.32 Å². The molecular weight excluding hydrogens is 244 g/mol. The van der Waals surface area contributed by atoms with E-state index in [9.17, 15) is 0 Å². The van der Waals surface area contributed by atoms with E-state index >= 15 is 0 Å². The van der Waals surface area contributed by atoms with Crippen LogP contribution in [0.1, 0.15) is 49.3 Å². The van der Waals surface area contributed by atoms with E-state index in [0.29, 0.717) is 0 Å². The lowest BCUT2D eigenvalue weighted by atomic mass is 10.0. The van der Waals surface area contributed by atoms with Crippen molar-refractivity contribution in [3.63, 3.8) is 0 Å². The molecule has 2 rings (SSSR count). The summed E-state index contributed by atoms with van der Waals surface area (Å²) >= 11 is 0. The van der Waals surface area contributed by atoms with Crippen molar-refractivity contribution >= 4 is 0 Å². The molecule has 1 atom stereocenters. The van der Waals surface area contributed by atoms with E-state index in [2.05, 4.69) is 49.2 Å². The van der Waals surface area contributed by atoms with Gasteiger partial charge in [-0.3, -0.25) is 0 Å². The summed E-state index contributed by atoms with van der Waals surface area (Å²) in [5.74, 6) is 0. The maximum Gasteiger partial charge on any atom is 0.0210 e. The Balaban J connectivity index is 1.66. The van der Waals surface area contributed by atoms with E-state index in [1.165, 1.54) is 55.5 Å². The minimum atomic E-state index is 0.794. The number of likely N-dealkylation sites (tertiary alicyclic amines) is 1. The predicted molar refractivity (Wildman–Crippen MR) is 87.1 cm³/mol. The standard InChI is InChI=1S/C18H30N2/c1-15-8-6-9-16(2)18(15)14-19-11-7-13-20-12-5-4-10-17(20)3/h6,8-9,17,19H,4-5,7,10-14H2,1-3H3. The lowest BCUT2D eigenvalue weighted by molar-refractivity contribution is 0.159. The molecule has 20 heavy (non-hydrogen) atoms. The van der Waals surface area contributed by atoms with Gasteiger partial charge in [-0.1, -0.05) is 24.6 Å². The van der Waals surface area contributed by atoms with Gasteiger partial charge in [-0.25, -0.2) is 0 Å². The van der Waals surface area contributed by atoms with Crippen molar-refractivity contribution in [2.75, 3.05) is 19.6 Å². The summed E-state index contributed by atoms with van der Waals surface area (Å²) in [5, 5.41) is 3.61. The predicted octanol–water partition coefficient (Wildman–Crippen LogP) is 3.66. The third kappa shape index (κ3) is 4.32. The molecule has 1 fully saturated rings. The van der Waals surface area contributed by atoms with E-state index in [0.717, 1.165) is 19.1 Å². The Kier molecular flexibility index (Phi) is 6.06. The molecule has 1 aromatic rings. The van der Waals surface area contributed by atoms with Crippen molar-refractivity contribution in [2.24, 2.45) is 0 Å². The molecule has 0 radical (unpaired) electrons. The molecule has 1 aromatic carbocycles. The van der Waals surface area contributed by atoms with Crippen molar-refractivity contribution < 1.29 is 0 Å². The van der Waals surface area contributed by atoms with Gasteiger partial charge in [0.15, 0.2) is 0 Å². The molecule has 1 N–H and O–H groups in total. The Morgan fingerprint density at radius 1 is 1.20 bits per heavy atom. The highest BCUT2D eigenvalue weighted by Gasteiger charge is 2.16. The summed E-state index contributed by atoms with van der Waals surface area (Å²) in [7, 11) is 0. The molecule has 112 valence electrons. The van der Waals surface area contributed by atoms with Crippen LogP contribution in [0.3, 0.4) is 0 Å². The van der Waals surface area contributed by atoms with Crippen LogP contribution in [0.15, 0.2) is 18.2 Å². The van der Waals surface area contributed by atoms with Gasteiger partial charge < -0.3 is 10.2 Å². The molecule has 1 saturated heterocycles. The number of hydrogen-bond acceptors (Lipinski definition) is 2.